The van der Waals surface area contributed by atoms with E-state index in [1.54, 1.807) is 9.80 Å². The maximum Gasteiger partial charge on any atom is 0.410 e. The molecule has 0 unspecified atom stereocenters. The van der Waals surface area contributed by atoms with Gasteiger partial charge in [0, 0.05) is 50.5 Å². The summed E-state index contributed by atoms with van der Waals surface area (Å²) in [7, 11) is 0. The first-order valence-corrected chi connectivity index (χ1v) is 20.1. The second-order valence-corrected chi connectivity index (χ2v) is 18.6. The molecule has 2 saturated heterocycles. The molecule has 0 radical (unpaired) electrons. The highest BCUT2D eigenvalue weighted by molar-refractivity contribution is 14.1. The molecule has 0 saturated carbocycles. The average molecular weight is 1050 g/mol. The predicted molar refractivity (Wildman–Crippen MR) is 217 cm³/mol. The van der Waals surface area contributed by atoms with E-state index in [0.29, 0.717) is 72.1 Å². The number of amides is 2. The summed E-state index contributed by atoms with van der Waals surface area (Å²) in [6, 6.07) is 0. The van der Waals surface area contributed by atoms with Gasteiger partial charge in [0.15, 0.2) is 23.0 Å². The number of nitrogens with two attached hydrogens (primary N) is 2. The Balaban J connectivity index is 0.000000184. The number of carbonyl (C=O) groups excluding carboxylic acids is 2. The van der Waals surface area contributed by atoms with Gasteiger partial charge in [-0.3, -0.25) is 0 Å². The predicted octanol–water partition coefficient (Wildman–Crippen LogP) is 8.20. The van der Waals surface area contributed by atoms with Crippen molar-refractivity contribution in [2.75, 3.05) is 64.1 Å². The van der Waals surface area contributed by atoms with Gasteiger partial charge >= 0.3 is 12.2 Å². The first-order chi connectivity index (χ1) is 23.2. The Kier molecular flexibility index (Phi) is 13.5. The number of anilines is 2. The minimum Gasteiger partial charge on any atom is -0.486 e. The molecule has 50 heavy (non-hydrogen) atoms. The van der Waals surface area contributed by atoms with Crippen molar-refractivity contribution in [3.63, 3.8) is 0 Å². The standard InChI is InChI=1S/C17H23BrN2O4.C9H9BrINO2.C8H14INO2/c1-9-11(10-7-20(8-10)16(21)24-17(2,3)4)14-15(13(19)12(9)18)23-6-5-22-14;1-4-5(10)7(12)9-8(6(4)11)13-2-3-14-9;1-8(2,3)12-7(11)10-4-6(9)5-10/h10H,5-8,19H2,1-4H3;2-3,12H2,1H3;6H,4-5H2,1-3H3. The van der Waals surface area contributed by atoms with Crippen molar-refractivity contribution in [1.82, 2.24) is 9.80 Å². The van der Waals surface area contributed by atoms with E-state index in [-0.39, 0.29) is 23.7 Å². The van der Waals surface area contributed by atoms with Crippen LogP contribution in [0.5, 0.6) is 23.0 Å². The largest absolute Gasteiger partial charge is 0.486 e. The molecule has 0 aliphatic carbocycles. The Hall–Kier alpha value is -1.80. The molecule has 16 heteroatoms. The third-order valence-electron chi connectivity index (χ3n) is 7.79. The molecule has 278 valence electrons. The fraction of sp³-hybridized carbons (Fsp3) is 0.588. The Labute approximate surface area is 338 Å². The Morgan fingerprint density at radius 2 is 1.08 bits per heavy atom. The molecule has 0 spiro atoms. The highest BCUT2D eigenvalue weighted by atomic mass is 127. The maximum absolute atomic E-state index is 12.1. The van der Waals surface area contributed by atoms with E-state index in [1.807, 2.05) is 55.4 Å². The third kappa shape index (κ3) is 9.79. The Morgan fingerprint density at radius 3 is 1.52 bits per heavy atom. The van der Waals surface area contributed by atoms with Gasteiger partial charge < -0.3 is 49.7 Å². The first kappa shape index (κ1) is 41.0. The molecular weight excluding hydrogens is 1010 g/mol. The van der Waals surface area contributed by atoms with Gasteiger partial charge in [0.2, 0.25) is 0 Å². The number of carbonyl (C=O) groups is 2. The molecule has 2 aromatic carbocycles. The molecule has 4 heterocycles. The van der Waals surface area contributed by atoms with E-state index in [2.05, 4.69) is 77.0 Å². The summed E-state index contributed by atoms with van der Waals surface area (Å²) in [5.41, 5.74) is 15.6. The van der Waals surface area contributed by atoms with Crippen LogP contribution >= 0.6 is 77.0 Å². The topological polar surface area (TPSA) is 148 Å². The van der Waals surface area contributed by atoms with E-state index >= 15 is 0 Å². The summed E-state index contributed by atoms with van der Waals surface area (Å²) in [6.07, 6.45) is -0.465. The highest BCUT2D eigenvalue weighted by Crippen LogP contribution is 2.50. The Morgan fingerprint density at radius 1 is 0.700 bits per heavy atom. The molecule has 0 bridgehead atoms. The molecule has 4 aliphatic rings. The average Bonchev–Trinajstić information content (AvgIpc) is 3.00. The summed E-state index contributed by atoms with van der Waals surface area (Å²) in [4.78, 5) is 26.8. The zero-order valence-corrected chi connectivity index (χ0v) is 37.1. The number of ether oxygens (including phenoxy) is 6. The summed E-state index contributed by atoms with van der Waals surface area (Å²) in [6.45, 7) is 20.2. The van der Waals surface area contributed by atoms with E-state index in [9.17, 15) is 9.59 Å². The van der Waals surface area contributed by atoms with E-state index in [4.69, 9.17) is 39.9 Å². The van der Waals surface area contributed by atoms with Crippen molar-refractivity contribution in [3.05, 3.63) is 29.2 Å². The van der Waals surface area contributed by atoms with Crippen LogP contribution in [0.25, 0.3) is 0 Å². The van der Waals surface area contributed by atoms with Crippen molar-refractivity contribution in [3.8, 4) is 23.0 Å². The van der Waals surface area contributed by atoms with Crippen LogP contribution in [-0.2, 0) is 9.47 Å². The van der Waals surface area contributed by atoms with Crippen LogP contribution in [0.2, 0.25) is 0 Å². The van der Waals surface area contributed by atoms with Crippen LogP contribution in [0, 0.1) is 17.4 Å². The quantitative estimate of drug-likeness (QED) is 0.163. The summed E-state index contributed by atoms with van der Waals surface area (Å²) >= 11 is 11.6. The fourth-order valence-corrected chi connectivity index (χ4v) is 8.05. The molecule has 4 aliphatic heterocycles. The Bertz CT molecular complexity index is 1570. The van der Waals surface area contributed by atoms with E-state index < -0.39 is 5.60 Å². The molecule has 2 aromatic rings. The molecule has 6 rings (SSSR count). The SMILES string of the molecule is CC(C)(C)OC(=O)N1CC(I)C1.Cc1c(Br)c(N)c2c(c1C1CN(C(=O)OC(C)(C)C)C1)OCCO2.Cc1c(Br)c(N)c2c(c1I)OCCO2. The summed E-state index contributed by atoms with van der Waals surface area (Å²) in [5, 5.41) is 0. The van der Waals surface area contributed by atoms with Crippen LogP contribution in [0.15, 0.2) is 8.95 Å². The van der Waals surface area contributed by atoms with Crippen LogP contribution in [-0.4, -0.2) is 89.7 Å². The van der Waals surface area contributed by atoms with Gasteiger partial charge in [-0.1, -0.05) is 22.6 Å². The first-order valence-electron chi connectivity index (χ1n) is 16.2. The van der Waals surface area contributed by atoms with Gasteiger partial charge in [0.1, 0.15) is 37.6 Å². The van der Waals surface area contributed by atoms with Crippen molar-refractivity contribution in [2.45, 2.75) is 76.4 Å². The number of hydrogen-bond donors (Lipinski definition) is 2. The smallest absolute Gasteiger partial charge is 0.410 e. The van der Waals surface area contributed by atoms with Crippen molar-refractivity contribution in [2.24, 2.45) is 0 Å². The number of nitrogen functional groups attached to an aromatic ring is 2. The number of halogens is 4. The van der Waals surface area contributed by atoms with E-state index in [1.165, 1.54) is 0 Å². The minimum atomic E-state index is -0.488. The lowest BCUT2D eigenvalue weighted by Crippen LogP contribution is -2.52. The lowest BCUT2D eigenvalue weighted by atomic mass is 9.87. The molecule has 0 atom stereocenters. The molecule has 2 fully saturated rings. The van der Waals surface area contributed by atoms with Crippen molar-refractivity contribution in [1.29, 1.82) is 0 Å². The van der Waals surface area contributed by atoms with Crippen LogP contribution in [0.3, 0.4) is 0 Å². The van der Waals surface area contributed by atoms with Gasteiger partial charge in [-0.2, -0.15) is 0 Å². The number of hydrogen-bond acceptors (Lipinski definition) is 10. The molecule has 4 N–H and O–H groups in total. The molecule has 12 nitrogen and oxygen atoms in total. The van der Waals surface area contributed by atoms with Gasteiger partial charge in [0.05, 0.1) is 14.9 Å². The summed E-state index contributed by atoms with van der Waals surface area (Å²) < 4.78 is 36.5. The second-order valence-electron chi connectivity index (χ2n) is 14.2. The number of nitrogens with zero attached hydrogens (tertiary/aromatic N) is 2. The molecular formula is C34H46Br2I2N4O8. The maximum atomic E-state index is 12.1. The van der Waals surface area contributed by atoms with Gasteiger partial charge in [0.25, 0.3) is 0 Å². The number of alkyl halides is 1. The van der Waals surface area contributed by atoms with E-state index in [0.717, 1.165) is 48.0 Å². The van der Waals surface area contributed by atoms with Gasteiger partial charge in [-0.05, 0) is 121 Å². The van der Waals surface area contributed by atoms with Crippen LogP contribution in [0.1, 0.15) is 64.2 Å². The van der Waals surface area contributed by atoms with Crippen molar-refractivity contribution < 1.29 is 38.0 Å². The fourth-order valence-electron chi connectivity index (χ4n) is 5.29. The number of fused-ring (bicyclic) bond motifs is 2. The zero-order valence-electron chi connectivity index (χ0n) is 29.6. The van der Waals surface area contributed by atoms with Gasteiger partial charge in [-0.15, -0.1) is 0 Å². The monoisotopic (exact) mass is 1050 g/mol. The molecule has 2 amide bonds. The minimum absolute atomic E-state index is 0.185. The highest BCUT2D eigenvalue weighted by Gasteiger charge is 2.39. The lowest BCUT2D eigenvalue weighted by Gasteiger charge is -2.41. The number of rotatable bonds is 1. The van der Waals surface area contributed by atoms with Crippen LogP contribution in [0.4, 0.5) is 21.0 Å². The number of benzene rings is 2. The number of likely N-dealkylation sites (tertiary alicyclic amines) is 2. The molecule has 0 aromatic heterocycles. The lowest BCUT2D eigenvalue weighted by molar-refractivity contribution is 0.00763. The summed E-state index contributed by atoms with van der Waals surface area (Å²) in [5.74, 6) is 2.94. The normalized spacial score (nSPS) is 16.9. The van der Waals surface area contributed by atoms with Gasteiger partial charge in [-0.25, -0.2) is 9.59 Å². The second kappa shape index (κ2) is 16.5. The van der Waals surface area contributed by atoms with Crippen LogP contribution < -0.4 is 30.4 Å². The van der Waals surface area contributed by atoms with Crippen molar-refractivity contribution >= 4 is 101 Å². The zero-order chi connectivity index (χ0) is 37.3. The third-order valence-corrected chi connectivity index (χ3v) is 11.9.